The molecule has 27 heavy (non-hydrogen) atoms. The number of nitrogens with zero attached hydrogens (tertiary/aromatic N) is 6. The molecule has 4 heterocycles. The van der Waals surface area contributed by atoms with Crippen molar-refractivity contribution in [3.63, 3.8) is 0 Å². The van der Waals surface area contributed by atoms with Crippen molar-refractivity contribution in [1.29, 1.82) is 0 Å². The van der Waals surface area contributed by atoms with Gasteiger partial charge in [-0.15, -0.1) is 0 Å². The highest BCUT2D eigenvalue weighted by molar-refractivity contribution is 5.94. The molecule has 1 saturated heterocycles. The lowest BCUT2D eigenvalue weighted by molar-refractivity contribution is 0.0654. The van der Waals surface area contributed by atoms with E-state index in [2.05, 4.69) is 26.9 Å². The van der Waals surface area contributed by atoms with Gasteiger partial charge in [-0.2, -0.15) is 0 Å². The van der Waals surface area contributed by atoms with Crippen LogP contribution in [0.2, 0.25) is 0 Å². The summed E-state index contributed by atoms with van der Waals surface area (Å²) in [5, 5.41) is 0. The largest absolute Gasteiger partial charge is 0.346 e. The van der Waals surface area contributed by atoms with Crippen molar-refractivity contribution in [3.8, 4) is 22.5 Å². The van der Waals surface area contributed by atoms with E-state index >= 15 is 0 Å². The molecule has 3 aromatic rings. The lowest BCUT2D eigenvalue weighted by Crippen LogP contribution is -2.47. The second-order valence-electron chi connectivity index (χ2n) is 6.86. The summed E-state index contributed by atoms with van der Waals surface area (Å²) in [6, 6.07) is 5.71. The molecular formula is C20H22N6O. The highest BCUT2D eigenvalue weighted by Crippen LogP contribution is 2.23. The molecule has 138 valence electrons. The number of aryl methyl sites for hydroxylation is 1. The van der Waals surface area contributed by atoms with E-state index in [0.29, 0.717) is 11.5 Å². The molecule has 7 nitrogen and oxygen atoms in total. The molecule has 0 atom stereocenters. The maximum atomic E-state index is 12.9. The van der Waals surface area contributed by atoms with Gasteiger partial charge in [0.1, 0.15) is 5.69 Å². The Kier molecular flexibility index (Phi) is 4.68. The summed E-state index contributed by atoms with van der Waals surface area (Å²) in [6.45, 7) is 3.34. The van der Waals surface area contributed by atoms with Gasteiger partial charge >= 0.3 is 0 Å². The molecular weight excluding hydrogens is 340 g/mol. The van der Waals surface area contributed by atoms with Crippen LogP contribution in [0.1, 0.15) is 10.5 Å². The van der Waals surface area contributed by atoms with Crippen LogP contribution in [0.3, 0.4) is 0 Å². The minimum atomic E-state index is 0.0738. The molecule has 0 N–H and O–H groups in total. The maximum absolute atomic E-state index is 12.9. The molecule has 1 aliphatic heterocycles. The van der Waals surface area contributed by atoms with Gasteiger partial charge in [0, 0.05) is 80.9 Å². The fraction of sp³-hybridized carbons (Fsp3) is 0.300. The number of carbonyl (C=O) groups is 1. The number of hydrogen-bond acceptors (Lipinski definition) is 5. The number of carbonyl (C=O) groups excluding carboxylic acids is 1. The number of rotatable bonds is 3. The molecule has 1 amide bonds. The van der Waals surface area contributed by atoms with Crippen LogP contribution in [0.15, 0.2) is 49.2 Å². The van der Waals surface area contributed by atoms with Crippen LogP contribution < -0.4 is 0 Å². The predicted octanol–water partition coefficient (Wildman–Crippen LogP) is 1.93. The molecule has 1 aliphatic rings. The molecule has 0 spiro atoms. The third-order valence-electron chi connectivity index (χ3n) is 4.92. The number of pyridine rings is 1. The van der Waals surface area contributed by atoms with Gasteiger partial charge in [-0.25, -0.2) is 9.97 Å². The zero-order valence-electron chi connectivity index (χ0n) is 15.5. The van der Waals surface area contributed by atoms with Crippen molar-refractivity contribution in [2.75, 3.05) is 33.2 Å². The molecule has 3 aromatic heterocycles. The lowest BCUT2D eigenvalue weighted by atomic mass is 10.1. The Morgan fingerprint density at radius 3 is 2.37 bits per heavy atom. The van der Waals surface area contributed by atoms with Crippen molar-refractivity contribution in [2.45, 2.75) is 0 Å². The Bertz CT molecular complexity index is 927. The monoisotopic (exact) mass is 362 g/mol. The summed E-state index contributed by atoms with van der Waals surface area (Å²) in [5.41, 5.74) is 3.39. The van der Waals surface area contributed by atoms with Gasteiger partial charge in [-0.05, 0) is 25.2 Å². The Morgan fingerprint density at radius 2 is 1.70 bits per heavy atom. The van der Waals surface area contributed by atoms with E-state index in [1.54, 1.807) is 24.8 Å². The van der Waals surface area contributed by atoms with E-state index in [1.165, 1.54) is 0 Å². The number of likely N-dealkylation sites (N-methyl/N-ethyl adjacent to an activating group) is 1. The quantitative estimate of drug-likeness (QED) is 0.712. The van der Waals surface area contributed by atoms with Crippen LogP contribution in [0.4, 0.5) is 0 Å². The van der Waals surface area contributed by atoms with E-state index < -0.39 is 0 Å². The minimum absolute atomic E-state index is 0.0738. The van der Waals surface area contributed by atoms with Crippen LogP contribution in [0.5, 0.6) is 0 Å². The summed E-state index contributed by atoms with van der Waals surface area (Å²) in [5.74, 6) is 0.710. The maximum Gasteiger partial charge on any atom is 0.270 e. The second-order valence-corrected chi connectivity index (χ2v) is 6.86. The van der Waals surface area contributed by atoms with Gasteiger partial charge in [-0.1, -0.05) is 0 Å². The fourth-order valence-electron chi connectivity index (χ4n) is 3.23. The summed E-state index contributed by atoms with van der Waals surface area (Å²) >= 11 is 0. The zero-order valence-corrected chi connectivity index (χ0v) is 15.5. The molecule has 7 heteroatoms. The van der Waals surface area contributed by atoms with E-state index in [0.717, 1.165) is 42.9 Å². The van der Waals surface area contributed by atoms with E-state index in [4.69, 9.17) is 0 Å². The van der Waals surface area contributed by atoms with E-state index in [9.17, 15) is 4.79 Å². The first-order valence-electron chi connectivity index (χ1n) is 8.99. The van der Waals surface area contributed by atoms with Crippen molar-refractivity contribution < 1.29 is 4.79 Å². The average molecular weight is 362 g/mol. The minimum Gasteiger partial charge on any atom is -0.346 e. The first kappa shape index (κ1) is 17.4. The van der Waals surface area contributed by atoms with Gasteiger partial charge in [0.2, 0.25) is 0 Å². The van der Waals surface area contributed by atoms with Crippen molar-refractivity contribution in [3.05, 3.63) is 54.9 Å². The van der Waals surface area contributed by atoms with Crippen LogP contribution in [0.25, 0.3) is 22.5 Å². The molecule has 0 unspecified atom stereocenters. The third-order valence-corrected chi connectivity index (χ3v) is 4.92. The Hall–Kier alpha value is -3.06. The Labute approximate surface area is 158 Å². The third kappa shape index (κ3) is 3.59. The van der Waals surface area contributed by atoms with Gasteiger partial charge in [-0.3, -0.25) is 9.78 Å². The summed E-state index contributed by atoms with van der Waals surface area (Å²) in [7, 11) is 3.98. The first-order valence-corrected chi connectivity index (χ1v) is 8.99. The standard InChI is InChI=1S/C20H22N6O/c1-24-6-8-26(9-7-24)20(27)18-10-16(14-25(18)2)17-12-22-19(23-13-17)15-4-3-5-21-11-15/h3-5,10-14H,6-9H2,1-2H3. The Balaban J connectivity index is 1.55. The van der Waals surface area contributed by atoms with E-state index in [-0.39, 0.29) is 5.91 Å². The highest BCUT2D eigenvalue weighted by Gasteiger charge is 2.23. The topological polar surface area (TPSA) is 67.2 Å². The number of hydrogen-bond donors (Lipinski definition) is 0. The summed E-state index contributed by atoms with van der Waals surface area (Å²) < 4.78 is 1.88. The van der Waals surface area contributed by atoms with Crippen LogP contribution in [-0.2, 0) is 7.05 Å². The van der Waals surface area contributed by atoms with Crippen molar-refractivity contribution >= 4 is 5.91 Å². The molecule has 0 bridgehead atoms. The summed E-state index contributed by atoms with van der Waals surface area (Å²) in [6.07, 6.45) is 8.99. The van der Waals surface area contributed by atoms with Crippen LogP contribution in [0, 0.1) is 0 Å². The van der Waals surface area contributed by atoms with Gasteiger partial charge in [0.25, 0.3) is 5.91 Å². The number of aromatic nitrogens is 4. The fourth-order valence-corrected chi connectivity index (χ4v) is 3.23. The average Bonchev–Trinajstić information content (AvgIpc) is 3.10. The molecule has 4 rings (SSSR count). The second kappa shape index (κ2) is 7.28. The van der Waals surface area contributed by atoms with Gasteiger partial charge < -0.3 is 14.4 Å². The Morgan fingerprint density at radius 1 is 0.963 bits per heavy atom. The molecule has 0 aliphatic carbocycles. The molecule has 0 saturated carbocycles. The highest BCUT2D eigenvalue weighted by atomic mass is 16.2. The molecule has 0 aromatic carbocycles. The van der Waals surface area contributed by atoms with Crippen LogP contribution in [-0.4, -0.2) is 68.5 Å². The normalized spacial score (nSPS) is 15.1. The lowest BCUT2D eigenvalue weighted by Gasteiger charge is -2.32. The zero-order chi connectivity index (χ0) is 18.8. The first-order chi connectivity index (χ1) is 13.1. The van der Waals surface area contributed by atoms with Crippen molar-refractivity contribution in [1.82, 2.24) is 29.3 Å². The number of piperazine rings is 1. The van der Waals surface area contributed by atoms with E-state index in [1.807, 2.05) is 40.9 Å². The summed E-state index contributed by atoms with van der Waals surface area (Å²) in [4.78, 5) is 30.0. The molecule has 1 fully saturated rings. The van der Waals surface area contributed by atoms with Crippen molar-refractivity contribution in [2.24, 2.45) is 7.05 Å². The smallest absolute Gasteiger partial charge is 0.270 e. The van der Waals surface area contributed by atoms with Crippen LogP contribution >= 0.6 is 0 Å². The number of amides is 1. The predicted molar refractivity (Wildman–Crippen MR) is 103 cm³/mol. The van der Waals surface area contributed by atoms with Gasteiger partial charge in [0.15, 0.2) is 5.82 Å². The SMILES string of the molecule is CN1CCN(C(=O)c2cc(-c3cnc(-c4cccnc4)nc3)cn2C)CC1. The molecule has 0 radical (unpaired) electrons. The van der Waals surface area contributed by atoms with Gasteiger partial charge in [0.05, 0.1) is 0 Å².